The molecule has 2 aromatic carbocycles. The Bertz CT molecular complexity index is 1150. The van der Waals surface area contributed by atoms with E-state index in [2.05, 4.69) is 33.1 Å². The number of hydrogen-bond donors (Lipinski definition) is 3. The molecule has 0 atom stereocenters. The number of carbonyl (C=O) groups excluding carboxylic acids is 3. The third-order valence-electron chi connectivity index (χ3n) is 4.07. The number of amides is 2. The average molecular weight is 485 g/mol. The fraction of sp³-hybridized carbons (Fsp3) is 0.0455. The highest BCUT2D eigenvalue weighted by Gasteiger charge is 2.18. The molecule has 3 rings (SSSR count). The molecule has 158 valence electrons. The molecule has 8 nitrogen and oxygen atoms in total. The molecule has 0 saturated heterocycles. The van der Waals surface area contributed by atoms with Gasteiger partial charge in [-0.05, 0) is 51.8 Å². The van der Waals surface area contributed by atoms with Gasteiger partial charge in [-0.3, -0.25) is 14.9 Å². The first-order valence-electron chi connectivity index (χ1n) is 8.96. The molecule has 0 bridgehead atoms. The highest BCUT2D eigenvalue weighted by Crippen LogP contribution is 2.28. The minimum Gasteiger partial charge on any atom is -0.508 e. The smallest absolute Gasteiger partial charge is 0.335 e. The SMILES string of the molecule is C=CC(=O)Oc1ccoc1NC(=O)c1ccc(C(=O)NCc2cccc(O)c2)cc1Br. The number of rotatable bonds is 7. The van der Waals surface area contributed by atoms with Crippen LogP contribution in [0.4, 0.5) is 5.88 Å². The van der Waals surface area contributed by atoms with Crippen molar-refractivity contribution in [3.63, 3.8) is 0 Å². The first kappa shape index (κ1) is 21.8. The summed E-state index contributed by atoms with van der Waals surface area (Å²) in [6.45, 7) is 3.54. The molecular formula is C22H17BrN2O6. The monoisotopic (exact) mass is 484 g/mol. The van der Waals surface area contributed by atoms with Gasteiger partial charge in [0.2, 0.25) is 5.88 Å². The third-order valence-corrected chi connectivity index (χ3v) is 4.73. The van der Waals surface area contributed by atoms with Gasteiger partial charge in [-0.25, -0.2) is 4.79 Å². The van der Waals surface area contributed by atoms with Crippen LogP contribution in [0, 0.1) is 0 Å². The van der Waals surface area contributed by atoms with Crippen LogP contribution in [0.2, 0.25) is 0 Å². The lowest BCUT2D eigenvalue weighted by atomic mass is 10.1. The van der Waals surface area contributed by atoms with Crippen molar-refractivity contribution in [1.29, 1.82) is 0 Å². The molecule has 0 saturated carbocycles. The second-order valence-corrected chi connectivity index (χ2v) is 7.09. The zero-order valence-corrected chi connectivity index (χ0v) is 17.6. The van der Waals surface area contributed by atoms with Crippen LogP contribution in [-0.4, -0.2) is 22.9 Å². The van der Waals surface area contributed by atoms with E-state index in [4.69, 9.17) is 9.15 Å². The van der Waals surface area contributed by atoms with Crippen molar-refractivity contribution >= 4 is 39.6 Å². The summed E-state index contributed by atoms with van der Waals surface area (Å²) in [7, 11) is 0. The van der Waals surface area contributed by atoms with Gasteiger partial charge in [-0.2, -0.15) is 0 Å². The molecule has 0 radical (unpaired) electrons. The van der Waals surface area contributed by atoms with Gasteiger partial charge >= 0.3 is 5.97 Å². The van der Waals surface area contributed by atoms with Crippen molar-refractivity contribution in [3.05, 3.63) is 88.6 Å². The molecule has 31 heavy (non-hydrogen) atoms. The zero-order valence-electron chi connectivity index (χ0n) is 16.1. The van der Waals surface area contributed by atoms with Crippen LogP contribution < -0.4 is 15.4 Å². The Labute approximate surface area is 185 Å². The lowest BCUT2D eigenvalue weighted by Gasteiger charge is -2.09. The molecule has 9 heteroatoms. The molecule has 0 spiro atoms. The number of hydrogen-bond acceptors (Lipinski definition) is 6. The number of carbonyl (C=O) groups is 3. The first-order valence-corrected chi connectivity index (χ1v) is 9.75. The number of halogens is 1. The van der Waals surface area contributed by atoms with E-state index in [0.717, 1.165) is 11.6 Å². The fourth-order valence-electron chi connectivity index (χ4n) is 2.58. The number of nitrogens with one attached hydrogen (secondary N) is 2. The number of phenolic OH excluding ortho intramolecular Hbond substituents is 1. The summed E-state index contributed by atoms with van der Waals surface area (Å²) in [4.78, 5) is 36.3. The molecule has 1 heterocycles. The standard InChI is InChI=1S/C22H17BrN2O6/c1-2-19(27)31-18-8-9-30-22(18)25-21(29)16-7-6-14(11-17(16)23)20(28)24-12-13-4-3-5-15(26)10-13/h2-11,26H,1,12H2,(H,24,28)(H,25,29). The molecule has 3 N–H and O–H groups in total. The van der Waals surface area contributed by atoms with E-state index in [1.165, 1.54) is 30.5 Å². The van der Waals surface area contributed by atoms with Gasteiger partial charge in [0.15, 0.2) is 5.75 Å². The maximum atomic E-state index is 12.6. The van der Waals surface area contributed by atoms with Crippen LogP contribution in [-0.2, 0) is 11.3 Å². The Kier molecular flexibility index (Phi) is 6.88. The maximum absolute atomic E-state index is 12.6. The van der Waals surface area contributed by atoms with Crippen LogP contribution in [0.15, 0.2) is 76.3 Å². The van der Waals surface area contributed by atoms with Crippen LogP contribution >= 0.6 is 15.9 Å². The van der Waals surface area contributed by atoms with Gasteiger partial charge in [0.25, 0.3) is 11.8 Å². The Morgan fingerprint density at radius 2 is 1.94 bits per heavy atom. The molecule has 0 unspecified atom stereocenters. The number of esters is 1. The van der Waals surface area contributed by atoms with Crippen molar-refractivity contribution in [2.75, 3.05) is 5.32 Å². The highest BCUT2D eigenvalue weighted by molar-refractivity contribution is 9.10. The van der Waals surface area contributed by atoms with E-state index in [1.807, 2.05) is 0 Å². The summed E-state index contributed by atoms with van der Waals surface area (Å²) in [6.07, 6.45) is 2.25. The third kappa shape index (κ3) is 5.61. The van der Waals surface area contributed by atoms with Gasteiger partial charge in [0.1, 0.15) is 5.75 Å². The zero-order chi connectivity index (χ0) is 22.4. The van der Waals surface area contributed by atoms with Gasteiger partial charge in [0.05, 0.1) is 11.8 Å². The van der Waals surface area contributed by atoms with Crippen molar-refractivity contribution in [3.8, 4) is 11.5 Å². The van der Waals surface area contributed by atoms with Crippen LogP contribution in [0.3, 0.4) is 0 Å². The molecule has 3 aromatic rings. The predicted octanol–water partition coefficient (Wildman–Crippen LogP) is 4.02. The van der Waals surface area contributed by atoms with Crippen LogP contribution in [0.25, 0.3) is 0 Å². The molecular weight excluding hydrogens is 468 g/mol. The predicted molar refractivity (Wildman–Crippen MR) is 116 cm³/mol. The number of phenols is 1. The minimum atomic E-state index is -0.695. The van der Waals surface area contributed by atoms with E-state index in [0.29, 0.717) is 10.0 Å². The number of anilines is 1. The van der Waals surface area contributed by atoms with E-state index >= 15 is 0 Å². The lowest BCUT2D eigenvalue weighted by Crippen LogP contribution is -2.23. The minimum absolute atomic E-state index is 0.0392. The summed E-state index contributed by atoms with van der Waals surface area (Å²) >= 11 is 3.29. The van der Waals surface area contributed by atoms with Crippen molar-refractivity contribution in [2.45, 2.75) is 6.54 Å². The molecule has 1 aromatic heterocycles. The van der Waals surface area contributed by atoms with Gasteiger partial charge in [0, 0.05) is 28.7 Å². The van der Waals surface area contributed by atoms with Gasteiger partial charge < -0.3 is 19.6 Å². The molecule has 0 fully saturated rings. The topological polar surface area (TPSA) is 118 Å². The fourth-order valence-corrected chi connectivity index (χ4v) is 3.14. The van der Waals surface area contributed by atoms with E-state index in [-0.39, 0.29) is 35.4 Å². The maximum Gasteiger partial charge on any atom is 0.335 e. The Morgan fingerprint density at radius 1 is 1.13 bits per heavy atom. The Hall–Kier alpha value is -3.85. The Balaban J connectivity index is 1.67. The molecule has 0 aliphatic rings. The summed E-state index contributed by atoms with van der Waals surface area (Å²) in [6, 6.07) is 12.4. The lowest BCUT2D eigenvalue weighted by molar-refractivity contribution is -0.128. The van der Waals surface area contributed by atoms with Crippen LogP contribution in [0.5, 0.6) is 11.5 Å². The molecule has 0 aliphatic heterocycles. The van der Waals surface area contributed by atoms with E-state index in [1.54, 1.807) is 24.3 Å². The molecule has 2 amide bonds. The summed E-state index contributed by atoms with van der Waals surface area (Å²) < 4.78 is 10.5. The largest absolute Gasteiger partial charge is 0.508 e. The van der Waals surface area contributed by atoms with Gasteiger partial charge in [-0.1, -0.05) is 18.7 Å². The average Bonchev–Trinajstić information content (AvgIpc) is 3.18. The van der Waals surface area contributed by atoms with Crippen molar-refractivity contribution in [1.82, 2.24) is 5.32 Å². The number of aromatic hydroxyl groups is 1. The first-order chi connectivity index (χ1) is 14.9. The number of ether oxygens (including phenoxy) is 1. The number of furan rings is 1. The van der Waals surface area contributed by atoms with E-state index in [9.17, 15) is 19.5 Å². The van der Waals surface area contributed by atoms with Crippen LogP contribution in [0.1, 0.15) is 26.3 Å². The van der Waals surface area contributed by atoms with Crippen molar-refractivity contribution < 1.29 is 28.6 Å². The summed E-state index contributed by atoms with van der Waals surface area (Å²) in [5, 5.41) is 14.7. The summed E-state index contributed by atoms with van der Waals surface area (Å²) in [5.41, 5.74) is 1.32. The Morgan fingerprint density at radius 3 is 2.65 bits per heavy atom. The number of benzene rings is 2. The highest BCUT2D eigenvalue weighted by atomic mass is 79.9. The second kappa shape index (κ2) is 9.77. The second-order valence-electron chi connectivity index (χ2n) is 6.24. The van der Waals surface area contributed by atoms with Gasteiger partial charge in [-0.15, -0.1) is 0 Å². The van der Waals surface area contributed by atoms with Crippen molar-refractivity contribution in [2.24, 2.45) is 0 Å². The van der Waals surface area contributed by atoms with E-state index < -0.39 is 11.9 Å². The summed E-state index contributed by atoms with van der Waals surface area (Å²) in [5.74, 6) is -1.47. The molecule has 0 aliphatic carbocycles. The normalized spacial score (nSPS) is 10.2. The quantitative estimate of drug-likeness (QED) is 0.344.